The highest BCUT2D eigenvalue weighted by Gasteiger charge is 2.21. The minimum absolute atomic E-state index is 0.0205. The quantitative estimate of drug-likeness (QED) is 0.183. The van der Waals surface area contributed by atoms with Crippen LogP contribution in [0.15, 0.2) is 34.5 Å². The van der Waals surface area contributed by atoms with Crippen LogP contribution in [-0.4, -0.2) is 33.6 Å². The number of nitrogens with one attached hydrogen (secondary N) is 2. The Morgan fingerprint density at radius 3 is 2.24 bits per heavy atom. The SMILES string of the molecule is CCCCCCCCCCCCC(Oc1ccc([N+](=O)[O-])cc1)C(=O)NNC1=NN=C(C)CS1. The molecule has 0 saturated heterocycles. The molecule has 1 atom stereocenters. The Kier molecular flexibility index (Phi) is 13.1. The summed E-state index contributed by atoms with van der Waals surface area (Å²) in [5, 5.41) is 19.4. The normalized spacial score (nSPS) is 14.1. The lowest BCUT2D eigenvalue weighted by Gasteiger charge is -2.20. The topological polar surface area (TPSA) is 118 Å². The van der Waals surface area contributed by atoms with Crippen LogP contribution in [0.25, 0.3) is 0 Å². The van der Waals surface area contributed by atoms with Gasteiger partial charge in [-0.1, -0.05) is 76.5 Å². The highest BCUT2D eigenvalue weighted by atomic mass is 32.2. The van der Waals surface area contributed by atoms with Crippen LogP contribution in [0.4, 0.5) is 5.69 Å². The zero-order valence-electron chi connectivity index (χ0n) is 20.3. The number of thioether (sulfide) groups is 1. The number of amidine groups is 1. The van der Waals surface area contributed by atoms with Gasteiger partial charge in [0.2, 0.25) is 5.17 Å². The summed E-state index contributed by atoms with van der Waals surface area (Å²) in [6, 6.07) is 5.78. The summed E-state index contributed by atoms with van der Waals surface area (Å²) in [6.45, 7) is 4.12. The lowest BCUT2D eigenvalue weighted by Crippen LogP contribution is -2.47. The maximum Gasteiger partial charge on any atom is 0.279 e. The summed E-state index contributed by atoms with van der Waals surface area (Å²) in [5.41, 5.74) is 6.37. The summed E-state index contributed by atoms with van der Waals surface area (Å²) in [4.78, 5) is 23.2. The molecule has 9 nitrogen and oxygen atoms in total. The third-order valence-corrected chi connectivity index (χ3v) is 6.48. The standard InChI is InChI=1S/C24H37N5O4S/c1-3-4-5-6-7-8-9-10-11-12-13-22(33-21-16-14-20(15-17-21)29(31)32)23(30)26-28-24-27-25-19(2)18-34-24/h14-17,22H,3-13,18H2,1-2H3,(H,26,30)(H,27,28). The van der Waals surface area contributed by atoms with Crippen LogP contribution in [-0.2, 0) is 4.79 Å². The van der Waals surface area contributed by atoms with Gasteiger partial charge in [0.15, 0.2) is 6.10 Å². The molecule has 0 radical (unpaired) electrons. The number of nitro benzene ring substituents is 1. The molecule has 1 aliphatic heterocycles. The van der Waals surface area contributed by atoms with E-state index in [0.717, 1.165) is 25.0 Å². The molecule has 1 aliphatic rings. The molecule has 1 heterocycles. The lowest BCUT2D eigenvalue weighted by molar-refractivity contribution is -0.384. The second kappa shape index (κ2) is 16.1. The number of carbonyl (C=O) groups excluding carboxylic acids is 1. The van der Waals surface area contributed by atoms with Gasteiger partial charge in [-0.05, 0) is 31.9 Å². The van der Waals surface area contributed by atoms with Crippen LogP contribution >= 0.6 is 11.8 Å². The van der Waals surface area contributed by atoms with Crippen molar-refractivity contribution >= 4 is 34.2 Å². The van der Waals surface area contributed by atoms with E-state index >= 15 is 0 Å². The number of unbranched alkanes of at least 4 members (excludes halogenated alkanes) is 9. The molecule has 0 saturated carbocycles. The Bertz CT molecular complexity index is 829. The van der Waals surface area contributed by atoms with E-state index in [0.29, 0.717) is 23.1 Å². The molecular weight excluding hydrogens is 454 g/mol. The van der Waals surface area contributed by atoms with Gasteiger partial charge in [0, 0.05) is 23.6 Å². The third kappa shape index (κ3) is 11.0. The van der Waals surface area contributed by atoms with Gasteiger partial charge >= 0.3 is 0 Å². The van der Waals surface area contributed by atoms with Crippen molar-refractivity contribution in [1.29, 1.82) is 0 Å². The minimum atomic E-state index is -0.720. The van der Waals surface area contributed by atoms with Crippen LogP contribution in [0.5, 0.6) is 5.75 Å². The Morgan fingerprint density at radius 2 is 1.68 bits per heavy atom. The number of non-ortho nitro benzene ring substituents is 1. The van der Waals surface area contributed by atoms with E-state index < -0.39 is 11.0 Å². The molecule has 0 aliphatic carbocycles. The molecule has 188 valence electrons. The number of rotatable bonds is 15. The molecule has 0 spiro atoms. The second-order valence-corrected chi connectivity index (χ2v) is 9.44. The van der Waals surface area contributed by atoms with Crippen molar-refractivity contribution in [3.05, 3.63) is 34.4 Å². The summed E-state index contributed by atoms with van der Waals surface area (Å²) in [5.74, 6) is 0.814. The first-order chi connectivity index (χ1) is 16.5. The van der Waals surface area contributed by atoms with Crippen molar-refractivity contribution in [2.45, 2.75) is 90.6 Å². The minimum Gasteiger partial charge on any atom is -0.481 e. The monoisotopic (exact) mass is 491 g/mol. The maximum absolute atomic E-state index is 12.8. The fraction of sp³-hybridized carbons (Fsp3) is 0.625. The van der Waals surface area contributed by atoms with E-state index in [1.54, 1.807) is 0 Å². The maximum atomic E-state index is 12.8. The molecule has 1 aromatic rings. The molecule has 0 aromatic heterocycles. The van der Waals surface area contributed by atoms with Gasteiger partial charge in [-0.15, -0.1) is 5.10 Å². The van der Waals surface area contributed by atoms with Gasteiger partial charge in [0.1, 0.15) is 5.75 Å². The smallest absolute Gasteiger partial charge is 0.279 e. The Labute approximate surface area is 206 Å². The number of nitrogens with zero attached hydrogens (tertiary/aromatic N) is 3. The van der Waals surface area contributed by atoms with E-state index in [-0.39, 0.29) is 11.6 Å². The summed E-state index contributed by atoms with van der Waals surface area (Å²) in [6.07, 6.45) is 11.9. The largest absolute Gasteiger partial charge is 0.481 e. The van der Waals surface area contributed by atoms with Gasteiger partial charge in [0.05, 0.1) is 4.92 Å². The number of hydrogen-bond donors (Lipinski definition) is 2. The van der Waals surface area contributed by atoms with Crippen LogP contribution in [0, 0.1) is 10.1 Å². The van der Waals surface area contributed by atoms with Crippen LogP contribution in [0.2, 0.25) is 0 Å². The summed E-state index contributed by atoms with van der Waals surface area (Å²) >= 11 is 1.46. The highest BCUT2D eigenvalue weighted by Crippen LogP contribution is 2.20. The lowest BCUT2D eigenvalue weighted by atomic mass is 10.0. The first-order valence-corrected chi connectivity index (χ1v) is 13.2. The number of amides is 1. The first-order valence-electron chi connectivity index (χ1n) is 12.2. The van der Waals surface area contributed by atoms with Crippen molar-refractivity contribution in [3.8, 4) is 5.75 Å². The highest BCUT2D eigenvalue weighted by molar-refractivity contribution is 8.14. The van der Waals surface area contributed by atoms with E-state index in [4.69, 9.17) is 4.74 Å². The Hall–Kier alpha value is -2.62. The fourth-order valence-electron chi connectivity index (χ4n) is 3.49. The van der Waals surface area contributed by atoms with E-state index in [1.807, 2.05) is 6.92 Å². The number of hydrogen-bond acceptors (Lipinski definition) is 8. The fourth-order valence-corrected chi connectivity index (χ4v) is 4.11. The molecule has 2 N–H and O–H groups in total. The Morgan fingerprint density at radius 1 is 1.06 bits per heavy atom. The van der Waals surface area contributed by atoms with Crippen molar-refractivity contribution in [2.75, 3.05) is 5.75 Å². The molecule has 0 fully saturated rings. The van der Waals surface area contributed by atoms with E-state index in [9.17, 15) is 14.9 Å². The van der Waals surface area contributed by atoms with Crippen molar-refractivity contribution in [3.63, 3.8) is 0 Å². The van der Waals surface area contributed by atoms with Gasteiger partial charge in [-0.2, -0.15) is 5.10 Å². The number of carbonyl (C=O) groups is 1. The molecule has 1 unspecified atom stereocenters. The zero-order chi connectivity index (χ0) is 24.6. The third-order valence-electron chi connectivity index (χ3n) is 5.46. The van der Waals surface area contributed by atoms with Crippen molar-refractivity contribution in [1.82, 2.24) is 10.9 Å². The summed E-state index contributed by atoms with van der Waals surface area (Å²) < 4.78 is 5.90. The molecule has 0 bridgehead atoms. The van der Waals surface area contributed by atoms with E-state index in [2.05, 4.69) is 28.0 Å². The van der Waals surface area contributed by atoms with E-state index in [1.165, 1.54) is 81.0 Å². The second-order valence-electron chi connectivity index (χ2n) is 8.47. The zero-order valence-corrected chi connectivity index (χ0v) is 21.1. The number of hydrazine groups is 1. The van der Waals surface area contributed by atoms with Crippen molar-refractivity contribution in [2.24, 2.45) is 10.2 Å². The molecule has 34 heavy (non-hydrogen) atoms. The van der Waals surface area contributed by atoms with Crippen molar-refractivity contribution < 1.29 is 14.5 Å². The predicted octanol–water partition coefficient (Wildman–Crippen LogP) is 5.75. The van der Waals surface area contributed by atoms with Gasteiger partial charge in [-0.3, -0.25) is 25.8 Å². The average Bonchev–Trinajstić information content (AvgIpc) is 2.84. The van der Waals surface area contributed by atoms with Crippen LogP contribution in [0.1, 0.15) is 84.5 Å². The number of nitro groups is 1. The molecular formula is C24H37N5O4S. The van der Waals surface area contributed by atoms with Crippen LogP contribution < -0.4 is 15.6 Å². The molecule has 2 rings (SSSR count). The van der Waals surface area contributed by atoms with Gasteiger partial charge in [0.25, 0.3) is 11.6 Å². The van der Waals surface area contributed by atoms with Gasteiger partial charge < -0.3 is 4.74 Å². The average molecular weight is 492 g/mol. The molecule has 1 aromatic carbocycles. The molecule has 1 amide bonds. The van der Waals surface area contributed by atoms with Crippen LogP contribution in [0.3, 0.4) is 0 Å². The number of benzene rings is 1. The van der Waals surface area contributed by atoms with Gasteiger partial charge in [-0.25, -0.2) is 0 Å². The number of ether oxygens (including phenoxy) is 1. The predicted molar refractivity (Wildman–Crippen MR) is 138 cm³/mol. The summed E-state index contributed by atoms with van der Waals surface area (Å²) in [7, 11) is 0. The first kappa shape index (κ1) is 27.6. The Balaban J connectivity index is 1.81. The molecule has 10 heteroatoms.